The van der Waals surface area contributed by atoms with Crippen LogP contribution in [0.15, 0.2) is 97.1 Å². The lowest BCUT2D eigenvalue weighted by molar-refractivity contribution is 0.590. The van der Waals surface area contributed by atoms with Gasteiger partial charge in [0.1, 0.15) is 0 Å². The van der Waals surface area contributed by atoms with Crippen molar-refractivity contribution < 1.29 is 0 Å². The summed E-state index contributed by atoms with van der Waals surface area (Å²) in [5.74, 6) is 0. The molecule has 5 aromatic rings. The fourth-order valence-corrected chi connectivity index (χ4v) is 6.19. The van der Waals surface area contributed by atoms with Gasteiger partial charge in [0.05, 0.1) is 0 Å². The summed E-state index contributed by atoms with van der Waals surface area (Å²) in [6, 6.07) is 35.6. The zero-order valence-corrected chi connectivity index (χ0v) is 22.6. The zero-order chi connectivity index (χ0) is 24.6. The van der Waals surface area contributed by atoms with Gasteiger partial charge in [-0.3, -0.25) is 0 Å². The van der Waals surface area contributed by atoms with Gasteiger partial charge in [0.2, 0.25) is 0 Å². The summed E-state index contributed by atoms with van der Waals surface area (Å²) in [7, 11) is 0. The molecule has 0 spiro atoms. The molecule has 0 fully saturated rings. The Labute approximate surface area is 217 Å². The molecule has 2 aromatic heterocycles. The van der Waals surface area contributed by atoms with Crippen molar-refractivity contribution in [3.05, 3.63) is 113 Å². The SMILES string of the molecule is Cc1ccc(N(c2ccc(-c3ccc(-c4ccc(C)s4)s3)cc2)c2ccc(C(C)(C)C)cc2)cc1. The molecule has 3 aromatic carbocycles. The predicted molar refractivity (Wildman–Crippen MR) is 156 cm³/mol. The van der Waals surface area contributed by atoms with Crippen molar-refractivity contribution in [2.75, 3.05) is 4.90 Å². The maximum atomic E-state index is 2.34. The standard InChI is InChI=1S/C32H31NS2/c1-22-6-13-26(14-7-22)33(28-17-11-25(12-18-28)32(3,4)5)27-15-9-24(10-16-27)29-20-21-31(35-29)30-19-8-23(2)34-30/h6-21H,1-5H3. The first-order chi connectivity index (χ1) is 16.8. The van der Waals surface area contributed by atoms with Crippen LogP contribution in [0.3, 0.4) is 0 Å². The number of thiophene rings is 2. The normalized spacial score (nSPS) is 11.6. The van der Waals surface area contributed by atoms with Crippen molar-refractivity contribution in [3.63, 3.8) is 0 Å². The number of rotatable bonds is 5. The van der Waals surface area contributed by atoms with Crippen LogP contribution in [0, 0.1) is 13.8 Å². The van der Waals surface area contributed by atoms with E-state index in [9.17, 15) is 0 Å². The van der Waals surface area contributed by atoms with Crippen molar-refractivity contribution in [2.45, 2.75) is 40.0 Å². The highest BCUT2D eigenvalue weighted by molar-refractivity contribution is 7.23. The first-order valence-electron chi connectivity index (χ1n) is 12.0. The third-order valence-electron chi connectivity index (χ3n) is 6.28. The van der Waals surface area contributed by atoms with Crippen molar-refractivity contribution in [3.8, 4) is 20.2 Å². The van der Waals surface area contributed by atoms with E-state index in [1.807, 2.05) is 22.7 Å². The topological polar surface area (TPSA) is 3.24 Å². The summed E-state index contributed by atoms with van der Waals surface area (Å²) < 4.78 is 0. The average molecular weight is 494 g/mol. The van der Waals surface area contributed by atoms with Crippen LogP contribution in [0.2, 0.25) is 0 Å². The highest BCUT2D eigenvalue weighted by Crippen LogP contribution is 2.40. The van der Waals surface area contributed by atoms with Crippen molar-refractivity contribution in [1.82, 2.24) is 0 Å². The Hall–Kier alpha value is -3.14. The second kappa shape index (κ2) is 9.49. The molecule has 0 unspecified atom stereocenters. The summed E-state index contributed by atoms with van der Waals surface area (Å²) in [6.07, 6.45) is 0. The van der Waals surface area contributed by atoms with Gasteiger partial charge in [0.25, 0.3) is 0 Å². The van der Waals surface area contributed by atoms with E-state index >= 15 is 0 Å². The Morgan fingerprint density at radius 1 is 0.514 bits per heavy atom. The van der Waals surface area contributed by atoms with Crippen LogP contribution in [0.4, 0.5) is 17.1 Å². The Balaban J connectivity index is 1.49. The van der Waals surface area contributed by atoms with Gasteiger partial charge in [0, 0.05) is 36.6 Å². The molecular weight excluding hydrogens is 462 g/mol. The second-order valence-corrected chi connectivity index (χ2v) is 12.5. The van der Waals surface area contributed by atoms with E-state index in [0.29, 0.717) is 0 Å². The minimum atomic E-state index is 0.135. The van der Waals surface area contributed by atoms with Crippen LogP contribution in [-0.4, -0.2) is 0 Å². The first-order valence-corrected chi connectivity index (χ1v) is 13.7. The Morgan fingerprint density at radius 3 is 1.54 bits per heavy atom. The molecule has 0 saturated heterocycles. The van der Waals surface area contributed by atoms with Crippen LogP contribution in [-0.2, 0) is 5.41 Å². The van der Waals surface area contributed by atoms with Crippen molar-refractivity contribution in [2.24, 2.45) is 0 Å². The second-order valence-electron chi connectivity index (χ2n) is 10.1. The van der Waals surface area contributed by atoms with E-state index in [1.165, 1.54) is 47.6 Å². The van der Waals surface area contributed by atoms with E-state index in [1.54, 1.807) is 0 Å². The summed E-state index contributed by atoms with van der Waals surface area (Å²) >= 11 is 3.72. The molecule has 0 saturated carbocycles. The van der Waals surface area contributed by atoms with E-state index in [2.05, 4.69) is 137 Å². The van der Waals surface area contributed by atoms with Crippen LogP contribution >= 0.6 is 22.7 Å². The highest BCUT2D eigenvalue weighted by Gasteiger charge is 2.17. The first kappa shape index (κ1) is 23.6. The van der Waals surface area contributed by atoms with Gasteiger partial charge >= 0.3 is 0 Å². The molecule has 0 aliphatic rings. The van der Waals surface area contributed by atoms with Gasteiger partial charge < -0.3 is 4.90 Å². The van der Waals surface area contributed by atoms with Crippen LogP contribution in [0.5, 0.6) is 0 Å². The molecule has 1 nitrogen and oxygen atoms in total. The minimum absolute atomic E-state index is 0.135. The quantitative estimate of drug-likeness (QED) is 0.235. The van der Waals surface area contributed by atoms with Gasteiger partial charge in [-0.1, -0.05) is 62.7 Å². The monoisotopic (exact) mass is 493 g/mol. The molecule has 0 amide bonds. The zero-order valence-electron chi connectivity index (χ0n) is 21.0. The number of benzene rings is 3. The minimum Gasteiger partial charge on any atom is -0.311 e. The van der Waals surface area contributed by atoms with E-state index in [-0.39, 0.29) is 5.41 Å². The summed E-state index contributed by atoms with van der Waals surface area (Å²) in [5, 5.41) is 0. The number of hydrogen-bond donors (Lipinski definition) is 0. The Bertz CT molecular complexity index is 1410. The van der Waals surface area contributed by atoms with Gasteiger partial charge in [-0.2, -0.15) is 0 Å². The van der Waals surface area contributed by atoms with Gasteiger partial charge in [0.15, 0.2) is 0 Å². The maximum Gasteiger partial charge on any atom is 0.0462 e. The Morgan fingerprint density at radius 2 is 1.00 bits per heavy atom. The average Bonchev–Trinajstić information content (AvgIpc) is 3.50. The number of aryl methyl sites for hydroxylation is 2. The third-order valence-corrected chi connectivity index (χ3v) is 8.61. The van der Waals surface area contributed by atoms with E-state index in [4.69, 9.17) is 0 Å². The smallest absolute Gasteiger partial charge is 0.0462 e. The molecule has 0 radical (unpaired) electrons. The number of hydrogen-bond acceptors (Lipinski definition) is 3. The molecule has 5 rings (SSSR count). The van der Waals surface area contributed by atoms with Gasteiger partial charge in [-0.15, -0.1) is 22.7 Å². The van der Waals surface area contributed by atoms with E-state index in [0.717, 1.165) is 5.69 Å². The van der Waals surface area contributed by atoms with Crippen LogP contribution in [0.25, 0.3) is 20.2 Å². The molecule has 0 atom stereocenters. The van der Waals surface area contributed by atoms with E-state index < -0.39 is 0 Å². The number of nitrogens with zero attached hydrogens (tertiary/aromatic N) is 1. The summed E-state index contributed by atoms with van der Waals surface area (Å²) in [5.41, 5.74) is 7.49. The van der Waals surface area contributed by atoms with Gasteiger partial charge in [-0.05, 0) is 91.1 Å². The lowest BCUT2D eigenvalue weighted by Gasteiger charge is -2.27. The van der Waals surface area contributed by atoms with Crippen molar-refractivity contribution >= 4 is 39.7 Å². The van der Waals surface area contributed by atoms with Crippen LogP contribution in [0.1, 0.15) is 36.8 Å². The fraction of sp³-hybridized carbons (Fsp3) is 0.188. The maximum absolute atomic E-state index is 2.34. The molecule has 0 N–H and O–H groups in total. The third kappa shape index (κ3) is 5.12. The lowest BCUT2D eigenvalue weighted by Crippen LogP contribution is -2.13. The Kier molecular flexibility index (Phi) is 6.39. The van der Waals surface area contributed by atoms with Gasteiger partial charge in [-0.25, -0.2) is 0 Å². The molecule has 35 heavy (non-hydrogen) atoms. The summed E-state index contributed by atoms with van der Waals surface area (Å²) in [6.45, 7) is 11.1. The molecule has 176 valence electrons. The lowest BCUT2D eigenvalue weighted by atomic mass is 9.87. The summed E-state index contributed by atoms with van der Waals surface area (Å²) in [4.78, 5) is 7.67. The predicted octanol–water partition coefficient (Wildman–Crippen LogP) is 10.5. The molecule has 0 aliphatic carbocycles. The number of anilines is 3. The molecule has 0 bridgehead atoms. The molecule has 3 heteroatoms. The largest absolute Gasteiger partial charge is 0.311 e. The molecule has 0 aliphatic heterocycles. The molecule has 2 heterocycles. The molecular formula is C32H31NS2. The van der Waals surface area contributed by atoms with Crippen molar-refractivity contribution in [1.29, 1.82) is 0 Å². The highest BCUT2D eigenvalue weighted by atomic mass is 32.1. The fourth-order valence-electron chi connectivity index (χ4n) is 4.22. The van der Waals surface area contributed by atoms with Crippen LogP contribution < -0.4 is 4.90 Å².